The molecule has 2 rings (SSSR count). The second-order valence-corrected chi connectivity index (χ2v) is 7.85. The maximum atomic E-state index is 6.24. The Morgan fingerprint density at radius 1 is 1.22 bits per heavy atom. The summed E-state index contributed by atoms with van der Waals surface area (Å²) in [6, 6.07) is -0.0312. The van der Waals surface area contributed by atoms with Crippen molar-refractivity contribution in [2.45, 2.75) is 40.7 Å². The highest BCUT2D eigenvalue weighted by Crippen LogP contribution is 2.35. The summed E-state index contributed by atoms with van der Waals surface area (Å²) in [6.07, 6.45) is 0. The number of nitrogens with two attached hydrogens (primary N) is 1. The van der Waals surface area contributed by atoms with Gasteiger partial charge in [-0.1, -0.05) is 20.8 Å². The Morgan fingerprint density at radius 2 is 1.89 bits per heavy atom. The number of nitrogens with zero attached hydrogens (tertiary/aromatic N) is 2. The zero-order valence-electron chi connectivity index (χ0n) is 11.4. The summed E-state index contributed by atoms with van der Waals surface area (Å²) in [7, 11) is 0. The first kappa shape index (κ1) is 13.6. The molecule has 0 saturated heterocycles. The first-order chi connectivity index (χ1) is 8.29. The Bertz CT molecular complexity index is 549. The zero-order valence-corrected chi connectivity index (χ0v) is 13.1. The molecule has 2 aromatic heterocycles. The minimum absolute atomic E-state index is 0.0299. The molecule has 0 aliphatic carbocycles. The quantitative estimate of drug-likeness (QED) is 0.907. The van der Waals surface area contributed by atoms with Crippen molar-refractivity contribution in [1.29, 1.82) is 0 Å². The Hall–Kier alpha value is -0.780. The van der Waals surface area contributed by atoms with Gasteiger partial charge in [0, 0.05) is 10.3 Å². The summed E-state index contributed by atoms with van der Waals surface area (Å²) >= 11 is 3.34. The van der Waals surface area contributed by atoms with Gasteiger partial charge in [0.25, 0.3) is 0 Å². The van der Waals surface area contributed by atoms with Gasteiger partial charge in [0.2, 0.25) is 0 Å². The SMILES string of the molecule is Cc1nc(-c2csc(C(N)C(C)(C)C)n2)c(C)s1. The van der Waals surface area contributed by atoms with Gasteiger partial charge in [0.1, 0.15) is 16.4 Å². The van der Waals surface area contributed by atoms with Crippen molar-refractivity contribution in [3.8, 4) is 11.4 Å². The summed E-state index contributed by atoms with van der Waals surface area (Å²) in [4.78, 5) is 10.4. The fraction of sp³-hybridized carbons (Fsp3) is 0.538. The molecule has 0 fully saturated rings. The number of rotatable bonds is 2. The molecule has 0 aliphatic heterocycles. The molecular formula is C13H19N3S2. The first-order valence-corrected chi connectivity index (χ1v) is 7.64. The van der Waals surface area contributed by atoms with Gasteiger partial charge in [-0.2, -0.15) is 0 Å². The lowest BCUT2D eigenvalue weighted by Gasteiger charge is -2.24. The van der Waals surface area contributed by atoms with Crippen LogP contribution < -0.4 is 5.73 Å². The minimum Gasteiger partial charge on any atom is -0.322 e. The molecule has 0 aromatic carbocycles. The third-order valence-electron chi connectivity index (χ3n) is 2.87. The molecule has 1 atom stereocenters. The van der Waals surface area contributed by atoms with Crippen molar-refractivity contribution in [3.63, 3.8) is 0 Å². The van der Waals surface area contributed by atoms with Gasteiger partial charge in [0.05, 0.1) is 11.0 Å². The number of aromatic nitrogens is 2. The van der Waals surface area contributed by atoms with E-state index in [0.29, 0.717) is 0 Å². The Labute approximate surface area is 116 Å². The van der Waals surface area contributed by atoms with Crippen molar-refractivity contribution in [1.82, 2.24) is 9.97 Å². The van der Waals surface area contributed by atoms with Crippen LogP contribution in [-0.2, 0) is 0 Å². The maximum absolute atomic E-state index is 6.24. The fourth-order valence-electron chi connectivity index (χ4n) is 1.68. The van der Waals surface area contributed by atoms with Crippen LogP contribution in [0.2, 0.25) is 0 Å². The van der Waals surface area contributed by atoms with E-state index in [1.807, 2.05) is 6.92 Å². The van der Waals surface area contributed by atoms with Crippen LogP contribution in [0, 0.1) is 19.3 Å². The zero-order chi connectivity index (χ0) is 13.5. The van der Waals surface area contributed by atoms with E-state index in [2.05, 4.69) is 43.0 Å². The van der Waals surface area contributed by atoms with E-state index in [-0.39, 0.29) is 11.5 Å². The normalized spacial score (nSPS) is 13.9. The summed E-state index contributed by atoms with van der Waals surface area (Å²) in [5.41, 5.74) is 8.22. The third-order valence-corrected chi connectivity index (χ3v) is 4.68. The molecule has 0 bridgehead atoms. The van der Waals surface area contributed by atoms with Crippen molar-refractivity contribution >= 4 is 22.7 Å². The molecule has 0 aliphatic rings. The summed E-state index contributed by atoms with van der Waals surface area (Å²) < 4.78 is 0. The highest BCUT2D eigenvalue weighted by molar-refractivity contribution is 7.12. The number of hydrogen-bond donors (Lipinski definition) is 1. The topological polar surface area (TPSA) is 51.8 Å². The lowest BCUT2D eigenvalue weighted by atomic mass is 9.88. The molecular weight excluding hydrogens is 262 g/mol. The minimum atomic E-state index is -0.0312. The van der Waals surface area contributed by atoms with Crippen LogP contribution in [-0.4, -0.2) is 9.97 Å². The number of aryl methyl sites for hydroxylation is 2. The molecule has 2 aromatic rings. The fourth-order valence-corrected chi connectivity index (χ4v) is 3.55. The van der Waals surface area contributed by atoms with Crippen LogP contribution in [0.3, 0.4) is 0 Å². The Morgan fingerprint density at radius 3 is 2.39 bits per heavy atom. The van der Waals surface area contributed by atoms with Gasteiger partial charge >= 0.3 is 0 Å². The average molecular weight is 281 g/mol. The van der Waals surface area contributed by atoms with Crippen molar-refractivity contribution in [3.05, 3.63) is 20.3 Å². The second-order valence-electron chi connectivity index (χ2n) is 5.55. The van der Waals surface area contributed by atoms with E-state index in [4.69, 9.17) is 5.73 Å². The van der Waals surface area contributed by atoms with E-state index >= 15 is 0 Å². The predicted octanol–water partition coefficient (Wildman–Crippen LogP) is 3.93. The third kappa shape index (κ3) is 2.63. The number of thiazole rings is 2. The van der Waals surface area contributed by atoms with E-state index in [1.54, 1.807) is 22.7 Å². The summed E-state index contributed by atoms with van der Waals surface area (Å²) in [6.45, 7) is 10.5. The van der Waals surface area contributed by atoms with Gasteiger partial charge < -0.3 is 5.73 Å². The highest BCUT2D eigenvalue weighted by Gasteiger charge is 2.25. The van der Waals surface area contributed by atoms with E-state index in [9.17, 15) is 0 Å². The van der Waals surface area contributed by atoms with Crippen molar-refractivity contribution in [2.75, 3.05) is 0 Å². The monoisotopic (exact) mass is 281 g/mol. The van der Waals surface area contributed by atoms with Crippen LogP contribution in [0.4, 0.5) is 0 Å². The lowest BCUT2D eigenvalue weighted by molar-refractivity contribution is 0.326. The van der Waals surface area contributed by atoms with Crippen LogP contribution >= 0.6 is 22.7 Å². The van der Waals surface area contributed by atoms with E-state index in [0.717, 1.165) is 21.4 Å². The standard InChI is InChI=1S/C13H19N3S2/c1-7-10(15-8(2)18-7)9-6-17-12(16-9)11(14)13(3,4)5/h6,11H,14H2,1-5H3. The van der Waals surface area contributed by atoms with E-state index < -0.39 is 0 Å². The molecule has 18 heavy (non-hydrogen) atoms. The number of hydrogen-bond acceptors (Lipinski definition) is 5. The molecule has 0 spiro atoms. The molecule has 0 amide bonds. The second kappa shape index (κ2) is 4.72. The van der Waals surface area contributed by atoms with Crippen LogP contribution in [0.25, 0.3) is 11.4 Å². The van der Waals surface area contributed by atoms with Gasteiger partial charge in [-0.25, -0.2) is 9.97 Å². The predicted molar refractivity (Wildman–Crippen MR) is 79.1 cm³/mol. The van der Waals surface area contributed by atoms with Gasteiger partial charge in [-0.05, 0) is 19.3 Å². The highest BCUT2D eigenvalue weighted by atomic mass is 32.1. The largest absolute Gasteiger partial charge is 0.322 e. The summed E-state index contributed by atoms with van der Waals surface area (Å²) in [5.74, 6) is 0. The molecule has 5 heteroatoms. The first-order valence-electron chi connectivity index (χ1n) is 5.94. The Balaban J connectivity index is 2.34. The molecule has 2 heterocycles. The summed E-state index contributed by atoms with van der Waals surface area (Å²) in [5, 5.41) is 4.13. The van der Waals surface area contributed by atoms with Crippen LogP contribution in [0.1, 0.15) is 41.7 Å². The smallest absolute Gasteiger partial charge is 0.111 e. The maximum Gasteiger partial charge on any atom is 0.111 e. The molecule has 0 radical (unpaired) electrons. The average Bonchev–Trinajstić information content (AvgIpc) is 2.82. The van der Waals surface area contributed by atoms with Gasteiger partial charge in [0.15, 0.2) is 0 Å². The molecule has 0 saturated carbocycles. The molecule has 98 valence electrons. The molecule has 1 unspecified atom stereocenters. The molecule has 2 N–H and O–H groups in total. The lowest BCUT2D eigenvalue weighted by Crippen LogP contribution is -2.26. The van der Waals surface area contributed by atoms with Gasteiger partial charge in [-0.3, -0.25) is 0 Å². The van der Waals surface area contributed by atoms with Crippen LogP contribution in [0.15, 0.2) is 5.38 Å². The molecule has 3 nitrogen and oxygen atoms in total. The van der Waals surface area contributed by atoms with Crippen molar-refractivity contribution < 1.29 is 0 Å². The Kier molecular flexibility index (Phi) is 3.58. The van der Waals surface area contributed by atoms with Crippen LogP contribution in [0.5, 0.6) is 0 Å². The van der Waals surface area contributed by atoms with E-state index in [1.165, 1.54) is 4.88 Å². The van der Waals surface area contributed by atoms with Gasteiger partial charge in [-0.15, -0.1) is 22.7 Å². The van der Waals surface area contributed by atoms with Crippen molar-refractivity contribution in [2.24, 2.45) is 11.1 Å².